The first-order valence-electron chi connectivity index (χ1n) is 9.32. The number of hydrogen-bond donors (Lipinski definition) is 1. The normalized spacial score (nSPS) is 11.1. The van der Waals surface area contributed by atoms with Gasteiger partial charge in [-0.1, -0.05) is 17.7 Å². The lowest BCUT2D eigenvalue weighted by Crippen LogP contribution is -2.29. The molecular formula is C21H26N4O2S. The minimum absolute atomic E-state index is 0.0631. The van der Waals surface area contributed by atoms with Gasteiger partial charge in [0, 0.05) is 13.1 Å². The standard InChI is InChI=1S/C21H26N4O2S/c1-13(2)24-20(26)18-15(4)17-19(22-12-23-21(17)28-18)25(5)10-11-27-16-8-6-14(3)7-9-16/h6-9,12-13H,10-11H2,1-5H3,(H,24,26). The summed E-state index contributed by atoms with van der Waals surface area (Å²) in [4.78, 5) is 24.9. The van der Waals surface area contributed by atoms with Crippen LogP contribution in [0.3, 0.4) is 0 Å². The largest absolute Gasteiger partial charge is 0.492 e. The van der Waals surface area contributed by atoms with Crippen LogP contribution in [0.25, 0.3) is 10.2 Å². The summed E-state index contributed by atoms with van der Waals surface area (Å²) in [5.74, 6) is 1.60. The van der Waals surface area contributed by atoms with Crippen LogP contribution in [0.2, 0.25) is 0 Å². The van der Waals surface area contributed by atoms with E-state index in [1.54, 1.807) is 6.33 Å². The molecule has 0 radical (unpaired) electrons. The monoisotopic (exact) mass is 398 g/mol. The minimum Gasteiger partial charge on any atom is -0.492 e. The molecule has 6 nitrogen and oxygen atoms in total. The fourth-order valence-corrected chi connectivity index (χ4v) is 3.97. The molecule has 2 aromatic heterocycles. The summed E-state index contributed by atoms with van der Waals surface area (Å²) in [5, 5.41) is 3.89. The van der Waals surface area contributed by atoms with Crippen LogP contribution < -0.4 is 15.0 Å². The van der Waals surface area contributed by atoms with E-state index in [0.29, 0.717) is 18.0 Å². The number of anilines is 1. The van der Waals surface area contributed by atoms with E-state index in [0.717, 1.165) is 27.3 Å². The number of carbonyl (C=O) groups is 1. The molecule has 0 atom stereocenters. The van der Waals surface area contributed by atoms with Crippen LogP contribution in [0, 0.1) is 13.8 Å². The summed E-state index contributed by atoms with van der Waals surface area (Å²) in [6.45, 7) is 9.12. The van der Waals surface area contributed by atoms with E-state index in [9.17, 15) is 4.79 Å². The van der Waals surface area contributed by atoms with Crippen molar-refractivity contribution < 1.29 is 9.53 Å². The lowest BCUT2D eigenvalue weighted by molar-refractivity contribution is 0.0946. The van der Waals surface area contributed by atoms with Crippen LogP contribution in [0.1, 0.15) is 34.6 Å². The Morgan fingerprint density at radius 1 is 1.21 bits per heavy atom. The molecule has 0 bridgehead atoms. The smallest absolute Gasteiger partial charge is 0.261 e. The highest BCUT2D eigenvalue weighted by atomic mass is 32.1. The highest BCUT2D eigenvalue weighted by Gasteiger charge is 2.21. The maximum Gasteiger partial charge on any atom is 0.261 e. The average molecular weight is 399 g/mol. The number of hydrogen-bond acceptors (Lipinski definition) is 6. The first-order valence-corrected chi connectivity index (χ1v) is 10.1. The van der Waals surface area contributed by atoms with Crippen molar-refractivity contribution in [2.45, 2.75) is 33.7 Å². The number of rotatable bonds is 7. The van der Waals surface area contributed by atoms with Crippen molar-refractivity contribution in [3.05, 3.63) is 46.6 Å². The summed E-state index contributed by atoms with van der Waals surface area (Å²) < 4.78 is 5.84. The fourth-order valence-electron chi connectivity index (χ4n) is 2.93. The van der Waals surface area contributed by atoms with E-state index >= 15 is 0 Å². The minimum atomic E-state index is -0.0631. The van der Waals surface area contributed by atoms with E-state index in [-0.39, 0.29) is 11.9 Å². The van der Waals surface area contributed by atoms with Crippen molar-refractivity contribution in [3.63, 3.8) is 0 Å². The van der Waals surface area contributed by atoms with E-state index in [4.69, 9.17) is 4.74 Å². The first-order chi connectivity index (χ1) is 13.4. The van der Waals surface area contributed by atoms with Crippen LogP contribution in [-0.2, 0) is 0 Å². The molecule has 1 amide bonds. The van der Waals surface area contributed by atoms with Gasteiger partial charge in [0.15, 0.2) is 0 Å². The third-order valence-corrected chi connectivity index (χ3v) is 5.61. The molecule has 7 heteroatoms. The second-order valence-electron chi connectivity index (χ2n) is 7.14. The second kappa shape index (κ2) is 8.56. The summed E-state index contributed by atoms with van der Waals surface area (Å²) in [6, 6.07) is 8.10. The molecule has 1 aromatic carbocycles. The quantitative estimate of drug-likeness (QED) is 0.652. The van der Waals surface area contributed by atoms with Crippen LogP contribution in [0.5, 0.6) is 5.75 Å². The van der Waals surface area contributed by atoms with Gasteiger partial charge in [0.25, 0.3) is 5.91 Å². The van der Waals surface area contributed by atoms with E-state index < -0.39 is 0 Å². The number of benzene rings is 1. The Morgan fingerprint density at radius 3 is 2.61 bits per heavy atom. The molecule has 3 rings (SSSR count). The van der Waals surface area contributed by atoms with E-state index in [1.165, 1.54) is 16.9 Å². The summed E-state index contributed by atoms with van der Waals surface area (Å²) >= 11 is 1.41. The van der Waals surface area contributed by atoms with Crippen molar-refractivity contribution in [3.8, 4) is 5.75 Å². The number of nitrogens with one attached hydrogen (secondary N) is 1. The third kappa shape index (κ3) is 4.42. The highest BCUT2D eigenvalue weighted by Crippen LogP contribution is 2.34. The van der Waals surface area contributed by atoms with Gasteiger partial charge < -0.3 is 15.0 Å². The molecule has 28 heavy (non-hydrogen) atoms. The van der Waals surface area contributed by atoms with Crippen molar-refractivity contribution in [2.75, 3.05) is 25.1 Å². The molecule has 0 unspecified atom stereocenters. The summed E-state index contributed by atoms with van der Waals surface area (Å²) in [5.41, 5.74) is 2.12. The van der Waals surface area contributed by atoms with Crippen LogP contribution >= 0.6 is 11.3 Å². The zero-order chi connectivity index (χ0) is 20.3. The third-order valence-electron chi connectivity index (χ3n) is 4.41. The van der Waals surface area contributed by atoms with E-state index in [2.05, 4.69) is 22.2 Å². The molecule has 148 valence electrons. The van der Waals surface area contributed by atoms with Gasteiger partial charge in [-0.2, -0.15) is 0 Å². The molecule has 0 saturated carbocycles. The number of likely N-dealkylation sites (N-methyl/N-ethyl adjacent to an activating group) is 1. The Bertz CT molecular complexity index is 966. The SMILES string of the molecule is Cc1ccc(OCCN(C)c2ncnc3sc(C(=O)NC(C)C)c(C)c23)cc1. The van der Waals surface area contributed by atoms with Crippen LogP contribution in [0.15, 0.2) is 30.6 Å². The van der Waals surface area contributed by atoms with Crippen molar-refractivity contribution in [2.24, 2.45) is 0 Å². The van der Waals surface area contributed by atoms with Gasteiger partial charge in [-0.25, -0.2) is 9.97 Å². The average Bonchev–Trinajstić information content (AvgIpc) is 3.00. The Labute approximate surface area is 169 Å². The van der Waals surface area contributed by atoms with Gasteiger partial charge in [0.2, 0.25) is 0 Å². The van der Waals surface area contributed by atoms with Crippen molar-refractivity contribution in [1.82, 2.24) is 15.3 Å². The Kier molecular flexibility index (Phi) is 6.14. The predicted octanol–water partition coefficient (Wildman–Crippen LogP) is 3.96. The highest BCUT2D eigenvalue weighted by molar-refractivity contribution is 7.20. The fraction of sp³-hybridized carbons (Fsp3) is 0.381. The van der Waals surface area contributed by atoms with Gasteiger partial charge in [-0.05, 0) is 45.4 Å². The predicted molar refractivity (Wildman–Crippen MR) is 115 cm³/mol. The van der Waals surface area contributed by atoms with Crippen molar-refractivity contribution in [1.29, 1.82) is 0 Å². The van der Waals surface area contributed by atoms with Gasteiger partial charge in [0.1, 0.15) is 29.3 Å². The molecule has 0 spiro atoms. The maximum atomic E-state index is 12.5. The number of nitrogens with zero attached hydrogens (tertiary/aromatic N) is 3. The lowest BCUT2D eigenvalue weighted by atomic mass is 10.2. The Balaban J connectivity index is 1.77. The molecule has 0 saturated heterocycles. The van der Waals surface area contributed by atoms with Gasteiger partial charge in [-0.3, -0.25) is 4.79 Å². The summed E-state index contributed by atoms with van der Waals surface area (Å²) in [7, 11) is 1.98. The molecule has 3 aromatic rings. The summed E-state index contributed by atoms with van der Waals surface area (Å²) in [6.07, 6.45) is 1.55. The lowest BCUT2D eigenvalue weighted by Gasteiger charge is -2.19. The zero-order valence-electron chi connectivity index (χ0n) is 16.9. The van der Waals surface area contributed by atoms with Gasteiger partial charge in [0.05, 0.1) is 16.8 Å². The van der Waals surface area contributed by atoms with Crippen LogP contribution in [0.4, 0.5) is 5.82 Å². The molecule has 1 N–H and O–H groups in total. The molecular weight excluding hydrogens is 372 g/mol. The number of fused-ring (bicyclic) bond motifs is 1. The Hall–Kier alpha value is -2.67. The maximum absolute atomic E-state index is 12.5. The second-order valence-corrected chi connectivity index (χ2v) is 8.14. The van der Waals surface area contributed by atoms with E-state index in [1.807, 2.05) is 57.0 Å². The molecule has 0 aliphatic carbocycles. The molecule has 0 aliphatic rings. The first kappa shape index (κ1) is 20.1. The van der Waals surface area contributed by atoms with Gasteiger partial charge >= 0.3 is 0 Å². The zero-order valence-corrected chi connectivity index (χ0v) is 17.8. The molecule has 2 heterocycles. The van der Waals surface area contributed by atoms with Crippen LogP contribution in [-0.4, -0.2) is 42.1 Å². The number of carbonyl (C=O) groups excluding carboxylic acids is 1. The molecule has 0 fully saturated rings. The number of thiophene rings is 1. The van der Waals surface area contributed by atoms with Crippen molar-refractivity contribution >= 4 is 33.3 Å². The number of aryl methyl sites for hydroxylation is 2. The number of amides is 1. The molecule has 0 aliphatic heterocycles. The van der Waals surface area contributed by atoms with Gasteiger partial charge in [-0.15, -0.1) is 11.3 Å². The topological polar surface area (TPSA) is 67.3 Å². The number of aromatic nitrogens is 2. The Morgan fingerprint density at radius 2 is 1.93 bits per heavy atom. The number of ether oxygens (including phenoxy) is 1.